The molecule has 7 heavy (non-hydrogen) atoms. The molecule has 0 N–H and O–H groups in total. The first-order valence-electron chi connectivity index (χ1n) is 2.14. The lowest BCUT2D eigenvalue weighted by Crippen LogP contribution is -2.04. The van der Waals surface area contributed by atoms with Crippen molar-refractivity contribution >= 4 is 0 Å². The molecule has 0 atom stereocenters. The summed E-state index contributed by atoms with van der Waals surface area (Å²) in [7, 11) is 0. The third-order valence-corrected chi connectivity index (χ3v) is 1.01. The second-order valence-electron chi connectivity index (χ2n) is 1.49. The van der Waals surface area contributed by atoms with Crippen molar-refractivity contribution in [2.45, 2.75) is 12.8 Å². The smallest absolute Gasteiger partial charge is 0.242 e. The fourth-order valence-corrected chi connectivity index (χ4v) is 0.439. The Morgan fingerprint density at radius 2 is 2.43 bits per heavy atom. The molecule has 0 bridgehead atoms. The van der Waals surface area contributed by atoms with E-state index in [2.05, 4.69) is 0 Å². The van der Waals surface area contributed by atoms with Gasteiger partial charge in [-0.05, 0) is 12.5 Å². The molecule has 3 heteroatoms. The number of hydrogen-bond acceptors (Lipinski definition) is 2. The van der Waals surface area contributed by atoms with Gasteiger partial charge in [-0.15, -0.1) is 0 Å². The summed E-state index contributed by atoms with van der Waals surface area (Å²) in [5, 5.41) is 9.72. The number of nitro groups is 1. The zero-order valence-corrected chi connectivity index (χ0v) is 3.76. The van der Waals surface area contributed by atoms with Crippen LogP contribution in [0.4, 0.5) is 0 Å². The van der Waals surface area contributed by atoms with Crippen LogP contribution in [0.3, 0.4) is 0 Å². The van der Waals surface area contributed by atoms with E-state index in [-0.39, 0.29) is 4.92 Å². The van der Waals surface area contributed by atoms with E-state index in [4.69, 9.17) is 0 Å². The maximum Gasteiger partial charge on any atom is 0.242 e. The number of allylic oxidation sites excluding steroid dienone is 2. The van der Waals surface area contributed by atoms with E-state index >= 15 is 0 Å². The quantitative estimate of drug-likeness (QED) is 0.362. The Kier molecular flexibility index (Phi) is 0.817. The Bertz CT molecular complexity index is 128. The Balaban J connectivity index is 2.57. The summed E-state index contributed by atoms with van der Waals surface area (Å²) in [5.41, 5.74) is 0.375. The Morgan fingerprint density at radius 1 is 1.86 bits per heavy atom. The lowest BCUT2D eigenvalue weighted by molar-refractivity contribution is -0.431. The predicted octanol–water partition coefficient (Wildman–Crippen LogP) is 0.941. The minimum Gasteiger partial charge on any atom is -0.259 e. The average Bonchev–Trinajstić information content (AvgIpc) is 1.23. The van der Waals surface area contributed by atoms with E-state index in [1.54, 1.807) is 6.08 Å². The molecule has 1 aliphatic carbocycles. The van der Waals surface area contributed by atoms with Gasteiger partial charge in [-0.2, -0.15) is 0 Å². The van der Waals surface area contributed by atoms with Gasteiger partial charge in [0, 0.05) is 6.42 Å². The number of nitrogens with zero attached hydrogens (tertiary/aromatic N) is 1. The molecule has 0 aromatic heterocycles. The van der Waals surface area contributed by atoms with Crippen molar-refractivity contribution in [3.63, 3.8) is 0 Å². The van der Waals surface area contributed by atoms with Gasteiger partial charge in [-0.25, -0.2) is 0 Å². The van der Waals surface area contributed by atoms with Crippen LogP contribution in [-0.2, 0) is 0 Å². The van der Waals surface area contributed by atoms with E-state index in [0.717, 1.165) is 6.42 Å². The van der Waals surface area contributed by atoms with E-state index in [1.807, 2.05) is 0 Å². The largest absolute Gasteiger partial charge is 0.259 e. The maximum absolute atomic E-state index is 9.72. The first-order chi connectivity index (χ1) is 3.30. The lowest BCUT2D eigenvalue weighted by atomic mass is 10.1. The van der Waals surface area contributed by atoms with Gasteiger partial charge in [0.2, 0.25) is 5.70 Å². The predicted molar refractivity (Wildman–Crippen MR) is 24.3 cm³/mol. The van der Waals surface area contributed by atoms with Crippen LogP contribution in [0.1, 0.15) is 12.8 Å². The van der Waals surface area contributed by atoms with Crippen LogP contribution < -0.4 is 0 Å². The van der Waals surface area contributed by atoms with Crippen LogP contribution in [0.15, 0.2) is 11.8 Å². The summed E-state index contributed by atoms with van der Waals surface area (Å²) in [6.45, 7) is 0. The molecule has 0 radical (unpaired) electrons. The van der Waals surface area contributed by atoms with Crippen molar-refractivity contribution in [2.75, 3.05) is 0 Å². The highest BCUT2D eigenvalue weighted by molar-refractivity contribution is 5.02. The molecular formula is C4H5NO2. The second-order valence-corrected chi connectivity index (χ2v) is 1.49. The molecule has 38 valence electrons. The monoisotopic (exact) mass is 99.0 g/mol. The standard InChI is InChI=1S/C4H5NO2/c6-5(7)4-2-1-3-4/h2H,1,3H2. The minimum absolute atomic E-state index is 0.330. The highest BCUT2D eigenvalue weighted by Crippen LogP contribution is 2.16. The average molecular weight is 99.1 g/mol. The zero-order valence-electron chi connectivity index (χ0n) is 3.76. The van der Waals surface area contributed by atoms with Gasteiger partial charge in [0.1, 0.15) is 0 Å². The van der Waals surface area contributed by atoms with Crippen LogP contribution in [0.5, 0.6) is 0 Å². The fraction of sp³-hybridized carbons (Fsp3) is 0.500. The van der Waals surface area contributed by atoms with Gasteiger partial charge >= 0.3 is 0 Å². The summed E-state index contributed by atoms with van der Waals surface area (Å²) >= 11 is 0. The van der Waals surface area contributed by atoms with Gasteiger partial charge in [0.25, 0.3) is 0 Å². The summed E-state index contributed by atoms with van der Waals surface area (Å²) in [4.78, 5) is 9.39. The van der Waals surface area contributed by atoms with Gasteiger partial charge in [-0.1, -0.05) is 0 Å². The van der Waals surface area contributed by atoms with Crippen molar-refractivity contribution < 1.29 is 4.92 Å². The molecule has 0 amide bonds. The van der Waals surface area contributed by atoms with E-state index in [9.17, 15) is 10.1 Å². The molecule has 0 fully saturated rings. The fourth-order valence-electron chi connectivity index (χ4n) is 0.439. The van der Waals surface area contributed by atoms with E-state index in [1.165, 1.54) is 0 Å². The Morgan fingerprint density at radius 3 is 2.43 bits per heavy atom. The van der Waals surface area contributed by atoms with Crippen LogP contribution in [-0.4, -0.2) is 4.92 Å². The van der Waals surface area contributed by atoms with Crippen LogP contribution in [0.2, 0.25) is 0 Å². The first kappa shape index (κ1) is 4.30. The van der Waals surface area contributed by atoms with Crippen LogP contribution >= 0.6 is 0 Å². The molecule has 0 aliphatic heterocycles. The molecule has 1 aliphatic rings. The third-order valence-electron chi connectivity index (χ3n) is 1.01. The minimum atomic E-state index is -0.330. The molecular weight excluding hydrogens is 94.0 g/mol. The van der Waals surface area contributed by atoms with E-state index in [0.29, 0.717) is 12.1 Å². The number of rotatable bonds is 1. The summed E-state index contributed by atoms with van der Waals surface area (Å²) < 4.78 is 0. The molecule has 3 nitrogen and oxygen atoms in total. The zero-order chi connectivity index (χ0) is 5.28. The van der Waals surface area contributed by atoms with Crippen molar-refractivity contribution in [1.29, 1.82) is 0 Å². The summed E-state index contributed by atoms with van der Waals surface area (Å²) in [6.07, 6.45) is 3.18. The summed E-state index contributed by atoms with van der Waals surface area (Å²) in [6, 6.07) is 0. The normalized spacial score (nSPS) is 17.4. The molecule has 0 saturated carbocycles. The topological polar surface area (TPSA) is 43.1 Å². The van der Waals surface area contributed by atoms with E-state index < -0.39 is 0 Å². The molecule has 0 saturated heterocycles. The SMILES string of the molecule is O=[N+]([O-])C1=CCC1. The van der Waals surface area contributed by atoms with Crippen molar-refractivity contribution in [2.24, 2.45) is 0 Å². The number of hydrogen-bond donors (Lipinski definition) is 0. The molecule has 0 aromatic carbocycles. The van der Waals surface area contributed by atoms with Crippen molar-refractivity contribution in [3.8, 4) is 0 Å². The highest BCUT2D eigenvalue weighted by Gasteiger charge is 2.15. The Labute approximate surface area is 40.8 Å². The third kappa shape index (κ3) is 0.607. The molecule has 0 aromatic rings. The van der Waals surface area contributed by atoms with Gasteiger partial charge in [0.15, 0.2) is 0 Å². The molecule has 0 unspecified atom stereocenters. The lowest BCUT2D eigenvalue weighted by Gasteiger charge is -2.01. The van der Waals surface area contributed by atoms with Gasteiger partial charge < -0.3 is 0 Å². The maximum atomic E-state index is 9.72. The molecule has 0 spiro atoms. The summed E-state index contributed by atoms with van der Waals surface area (Å²) in [5.74, 6) is 0. The van der Waals surface area contributed by atoms with Gasteiger partial charge in [0.05, 0.1) is 4.92 Å². The van der Waals surface area contributed by atoms with Crippen LogP contribution in [0, 0.1) is 10.1 Å². The molecule has 0 heterocycles. The molecule has 1 rings (SSSR count). The van der Waals surface area contributed by atoms with Crippen molar-refractivity contribution in [3.05, 3.63) is 21.9 Å². The van der Waals surface area contributed by atoms with Crippen molar-refractivity contribution in [1.82, 2.24) is 0 Å². The first-order valence-corrected chi connectivity index (χ1v) is 2.14. The highest BCUT2D eigenvalue weighted by atomic mass is 16.6. The van der Waals surface area contributed by atoms with Gasteiger partial charge in [-0.3, -0.25) is 10.1 Å². The van der Waals surface area contributed by atoms with Crippen LogP contribution in [0.25, 0.3) is 0 Å². The second kappa shape index (κ2) is 1.33. The Hall–Kier alpha value is -0.860.